The van der Waals surface area contributed by atoms with Crippen molar-refractivity contribution >= 4 is 24.2 Å². The lowest BCUT2D eigenvalue weighted by Gasteiger charge is -2.32. The average Bonchev–Trinajstić information content (AvgIpc) is 2.91. The van der Waals surface area contributed by atoms with Crippen LogP contribution >= 0.6 is 0 Å². The molecule has 0 N–H and O–H groups in total. The molecule has 1 aromatic carbocycles. The van der Waals surface area contributed by atoms with E-state index in [1.54, 1.807) is 0 Å². The minimum absolute atomic E-state index is 0.214. The molecule has 0 atom stereocenters. The van der Waals surface area contributed by atoms with Gasteiger partial charge >= 0.3 is 7.12 Å². The maximum atomic E-state index is 11.9. The molecule has 0 spiro atoms. The number of rotatable bonds is 2. The van der Waals surface area contributed by atoms with Crippen LogP contribution in [0.2, 0.25) is 0 Å². The van der Waals surface area contributed by atoms with E-state index >= 15 is 0 Å². The van der Waals surface area contributed by atoms with Crippen molar-refractivity contribution in [2.75, 3.05) is 11.4 Å². The molecule has 118 valence electrons. The highest BCUT2D eigenvalue weighted by Crippen LogP contribution is 2.36. The molecular weight excluding hydrogens is 277 g/mol. The molecule has 22 heavy (non-hydrogen) atoms. The van der Waals surface area contributed by atoms with E-state index in [1.165, 1.54) is 0 Å². The van der Waals surface area contributed by atoms with E-state index in [1.807, 2.05) is 24.0 Å². The van der Waals surface area contributed by atoms with Gasteiger partial charge in [0.25, 0.3) is 0 Å². The van der Waals surface area contributed by atoms with Gasteiger partial charge in [0.05, 0.1) is 11.2 Å². The molecule has 2 aliphatic rings. The fourth-order valence-corrected chi connectivity index (χ4v) is 3.01. The van der Waals surface area contributed by atoms with Crippen LogP contribution in [0, 0.1) is 6.92 Å². The number of amides is 1. The Labute approximate surface area is 132 Å². The van der Waals surface area contributed by atoms with Gasteiger partial charge < -0.3 is 14.2 Å². The maximum absolute atomic E-state index is 11.9. The van der Waals surface area contributed by atoms with E-state index < -0.39 is 0 Å². The van der Waals surface area contributed by atoms with Crippen LogP contribution in [0.3, 0.4) is 0 Å². The summed E-state index contributed by atoms with van der Waals surface area (Å²) in [5.74, 6) is 0.214. The number of carbonyl (C=O) groups excluding carboxylic acids is 1. The number of hydrogen-bond acceptors (Lipinski definition) is 3. The van der Waals surface area contributed by atoms with Crippen molar-refractivity contribution in [3.8, 4) is 0 Å². The first-order valence-electron chi connectivity index (χ1n) is 7.98. The van der Waals surface area contributed by atoms with E-state index in [2.05, 4.69) is 33.8 Å². The normalized spacial score (nSPS) is 23.4. The monoisotopic (exact) mass is 301 g/mol. The first kappa shape index (κ1) is 15.6. The lowest BCUT2D eigenvalue weighted by molar-refractivity contribution is -0.117. The standard InChI is InChI=1S/C17H24BNO3/c1-12-11-13(18-21-16(2,3)17(4,5)22-18)8-9-14(12)19-10-6-7-15(19)20/h8-9,11H,6-7,10H2,1-5H3. The zero-order valence-electron chi connectivity index (χ0n) is 14.1. The van der Waals surface area contributed by atoms with Crippen LogP contribution in [-0.2, 0) is 14.1 Å². The van der Waals surface area contributed by atoms with Gasteiger partial charge in [-0.25, -0.2) is 0 Å². The number of hydrogen-bond donors (Lipinski definition) is 0. The quantitative estimate of drug-likeness (QED) is 0.788. The molecule has 1 aromatic rings. The summed E-state index contributed by atoms with van der Waals surface area (Å²) in [6.07, 6.45) is 1.59. The van der Waals surface area contributed by atoms with Crippen molar-refractivity contribution in [3.05, 3.63) is 23.8 Å². The Balaban J connectivity index is 1.86. The van der Waals surface area contributed by atoms with Crippen LogP contribution in [0.15, 0.2) is 18.2 Å². The highest BCUT2D eigenvalue weighted by atomic mass is 16.7. The lowest BCUT2D eigenvalue weighted by atomic mass is 9.78. The second kappa shape index (κ2) is 5.10. The molecule has 2 fully saturated rings. The van der Waals surface area contributed by atoms with E-state index in [4.69, 9.17) is 9.31 Å². The molecule has 2 heterocycles. The van der Waals surface area contributed by atoms with Crippen LogP contribution in [0.25, 0.3) is 0 Å². The second-order valence-corrected chi connectivity index (χ2v) is 7.28. The third kappa shape index (κ3) is 2.46. The molecule has 0 aliphatic carbocycles. The van der Waals surface area contributed by atoms with Gasteiger partial charge in [-0.2, -0.15) is 0 Å². The molecule has 2 aliphatic heterocycles. The Kier molecular flexibility index (Phi) is 3.61. The maximum Gasteiger partial charge on any atom is 0.494 e. The largest absolute Gasteiger partial charge is 0.494 e. The predicted molar refractivity (Wildman–Crippen MR) is 88.5 cm³/mol. The highest BCUT2D eigenvalue weighted by Gasteiger charge is 2.51. The first-order chi connectivity index (χ1) is 10.2. The van der Waals surface area contributed by atoms with Crippen LogP contribution < -0.4 is 10.4 Å². The summed E-state index contributed by atoms with van der Waals surface area (Å²) in [6, 6.07) is 6.10. The molecule has 0 radical (unpaired) electrons. The van der Waals surface area contributed by atoms with Crippen molar-refractivity contribution in [2.24, 2.45) is 0 Å². The Morgan fingerprint density at radius 1 is 1.14 bits per heavy atom. The van der Waals surface area contributed by atoms with Gasteiger partial charge in [0, 0.05) is 18.7 Å². The third-order valence-electron chi connectivity index (χ3n) is 5.11. The molecule has 0 bridgehead atoms. The van der Waals surface area contributed by atoms with Crippen molar-refractivity contribution in [2.45, 2.75) is 58.7 Å². The molecule has 1 amide bonds. The molecule has 2 saturated heterocycles. The van der Waals surface area contributed by atoms with Gasteiger partial charge in [-0.1, -0.05) is 12.1 Å². The SMILES string of the molecule is Cc1cc(B2OC(C)(C)C(C)(C)O2)ccc1N1CCCC1=O. The van der Waals surface area contributed by atoms with Crippen LogP contribution in [0.1, 0.15) is 46.1 Å². The molecule has 3 rings (SSSR count). The topological polar surface area (TPSA) is 38.8 Å². The van der Waals surface area contributed by atoms with Gasteiger partial charge in [-0.15, -0.1) is 0 Å². The molecule has 5 heteroatoms. The average molecular weight is 301 g/mol. The highest BCUT2D eigenvalue weighted by molar-refractivity contribution is 6.62. The van der Waals surface area contributed by atoms with E-state index in [9.17, 15) is 4.79 Å². The van der Waals surface area contributed by atoms with Gasteiger partial charge in [0.15, 0.2) is 0 Å². The first-order valence-corrected chi connectivity index (χ1v) is 7.98. The van der Waals surface area contributed by atoms with Crippen molar-refractivity contribution < 1.29 is 14.1 Å². The summed E-state index contributed by atoms with van der Waals surface area (Å²) < 4.78 is 12.2. The number of carbonyl (C=O) groups is 1. The summed E-state index contributed by atoms with van der Waals surface area (Å²) in [6.45, 7) is 11.1. The summed E-state index contributed by atoms with van der Waals surface area (Å²) in [7, 11) is -0.355. The molecule has 0 saturated carbocycles. The predicted octanol–water partition coefficient (Wildman–Crippen LogP) is 2.42. The molecule has 0 aromatic heterocycles. The number of benzene rings is 1. The zero-order valence-corrected chi connectivity index (χ0v) is 14.1. The van der Waals surface area contributed by atoms with Gasteiger partial charge in [0.1, 0.15) is 0 Å². The van der Waals surface area contributed by atoms with E-state index in [0.29, 0.717) is 6.42 Å². The second-order valence-electron chi connectivity index (χ2n) is 7.28. The number of nitrogens with zero attached hydrogens (tertiary/aromatic N) is 1. The van der Waals surface area contributed by atoms with Crippen LogP contribution in [0.4, 0.5) is 5.69 Å². The summed E-state index contributed by atoms with van der Waals surface area (Å²) in [4.78, 5) is 13.8. The van der Waals surface area contributed by atoms with Gasteiger partial charge in [-0.3, -0.25) is 4.79 Å². The van der Waals surface area contributed by atoms with Crippen molar-refractivity contribution in [1.29, 1.82) is 0 Å². The fourth-order valence-electron chi connectivity index (χ4n) is 3.01. The smallest absolute Gasteiger partial charge is 0.399 e. The Morgan fingerprint density at radius 2 is 1.77 bits per heavy atom. The van der Waals surface area contributed by atoms with Crippen LogP contribution in [-0.4, -0.2) is 30.8 Å². The minimum atomic E-state index is -0.355. The summed E-state index contributed by atoms with van der Waals surface area (Å²) in [5, 5.41) is 0. The fraction of sp³-hybridized carbons (Fsp3) is 0.588. The van der Waals surface area contributed by atoms with Crippen molar-refractivity contribution in [1.82, 2.24) is 0 Å². The number of anilines is 1. The Morgan fingerprint density at radius 3 is 2.27 bits per heavy atom. The minimum Gasteiger partial charge on any atom is -0.399 e. The third-order valence-corrected chi connectivity index (χ3v) is 5.11. The van der Waals surface area contributed by atoms with E-state index in [0.717, 1.165) is 29.7 Å². The zero-order chi connectivity index (χ0) is 16.1. The molecular formula is C17H24BNO3. The van der Waals surface area contributed by atoms with Crippen LogP contribution in [0.5, 0.6) is 0 Å². The van der Waals surface area contributed by atoms with Gasteiger partial charge in [0.2, 0.25) is 5.91 Å². The molecule has 4 nitrogen and oxygen atoms in total. The molecule has 0 unspecified atom stereocenters. The summed E-state index contributed by atoms with van der Waals surface area (Å²) >= 11 is 0. The Bertz CT molecular complexity index is 596. The van der Waals surface area contributed by atoms with Gasteiger partial charge in [-0.05, 0) is 58.1 Å². The lowest BCUT2D eigenvalue weighted by Crippen LogP contribution is -2.41. The van der Waals surface area contributed by atoms with E-state index in [-0.39, 0.29) is 24.2 Å². The number of aryl methyl sites for hydroxylation is 1. The Hall–Kier alpha value is -1.33. The summed E-state index contributed by atoms with van der Waals surface area (Å²) in [5.41, 5.74) is 2.42. The van der Waals surface area contributed by atoms with Crippen molar-refractivity contribution in [3.63, 3.8) is 0 Å².